The molecule has 4 aromatic rings. The molecule has 0 radical (unpaired) electrons. The van der Waals surface area contributed by atoms with Crippen LogP contribution in [0.2, 0.25) is 0 Å². The quantitative estimate of drug-likeness (QED) is 0.523. The molecule has 130 valence electrons. The number of nitriles is 1. The van der Waals surface area contributed by atoms with Crippen LogP contribution in [0.15, 0.2) is 88.3 Å². The van der Waals surface area contributed by atoms with Crippen molar-refractivity contribution in [3.05, 3.63) is 100 Å². The highest BCUT2D eigenvalue weighted by Gasteiger charge is 2.10. The van der Waals surface area contributed by atoms with Crippen LogP contribution in [0.1, 0.15) is 11.1 Å². The van der Waals surface area contributed by atoms with Gasteiger partial charge >= 0.3 is 0 Å². The summed E-state index contributed by atoms with van der Waals surface area (Å²) in [6, 6.07) is 23.9. The lowest BCUT2D eigenvalue weighted by Gasteiger charge is -2.08. The molecule has 0 saturated carbocycles. The molecule has 0 aliphatic carbocycles. The summed E-state index contributed by atoms with van der Waals surface area (Å²) < 4.78 is 11.5. The maximum Gasteiger partial charge on any atom is 0.200 e. The smallest absolute Gasteiger partial charge is 0.200 e. The third-order valence-electron chi connectivity index (χ3n) is 4.32. The van der Waals surface area contributed by atoms with Crippen LogP contribution >= 0.6 is 0 Å². The summed E-state index contributed by atoms with van der Waals surface area (Å²) in [5, 5.41) is 9.35. The topological polar surface area (TPSA) is 63.2 Å². The van der Waals surface area contributed by atoms with E-state index in [1.807, 2.05) is 42.5 Å². The first-order valence-corrected chi connectivity index (χ1v) is 8.47. The van der Waals surface area contributed by atoms with Gasteiger partial charge in [0.05, 0.1) is 22.6 Å². The molecule has 0 amide bonds. The summed E-state index contributed by atoms with van der Waals surface area (Å²) in [5.74, 6) is 0.613. The first-order chi connectivity index (χ1) is 13.2. The maximum atomic E-state index is 12.8. The van der Waals surface area contributed by atoms with Crippen molar-refractivity contribution < 1.29 is 9.15 Å². The minimum Gasteiger partial charge on any atom is -0.489 e. The summed E-state index contributed by atoms with van der Waals surface area (Å²) >= 11 is 0. The first-order valence-electron chi connectivity index (χ1n) is 8.47. The van der Waals surface area contributed by atoms with E-state index in [-0.39, 0.29) is 5.43 Å². The fourth-order valence-corrected chi connectivity index (χ4v) is 2.86. The number of hydrogen-bond donors (Lipinski definition) is 0. The zero-order valence-electron chi connectivity index (χ0n) is 14.4. The fraction of sp³-hybridized carbons (Fsp3) is 0.0435. The van der Waals surface area contributed by atoms with E-state index in [0.717, 1.165) is 11.1 Å². The Kier molecular flexibility index (Phi) is 4.42. The van der Waals surface area contributed by atoms with E-state index < -0.39 is 0 Å². The lowest BCUT2D eigenvalue weighted by atomic mass is 10.1. The van der Waals surface area contributed by atoms with Gasteiger partial charge in [-0.3, -0.25) is 4.79 Å². The molecule has 4 heteroatoms. The predicted molar refractivity (Wildman–Crippen MR) is 103 cm³/mol. The van der Waals surface area contributed by atoms with Crippen molar-refractivity contribution in [1.82, 2.24) is 0 Å². The van der Waals surface area contributed by atoms with E-state index >= 15 is 0 Å². The number of fused-ring (bicyclic) bond motifs is 1. The van der Waals surface area contributed by atoms with Crippen molar-refractivity contribution in [2.45, 2.75) is 6.61 Å². The average Bonchev–Trinajstić information content (AvgIpc) is 2.73. The van der Waals surface area contributed by atoms with Crippen molar-refractivity contribution in [3.8, 4) is 22.9 Å². The Morgan fingerprint density at radius 2 is 1.74 bits per heavy atom. The number of benzene rings is 3. The third-order valence-corrected chi connectivity index (χ3v) is 4.32. The zero-order chi connectivity index (χ0) is 18.6. The minimum atomic E-state index is -0.0684. The van der Waals surface area contributed by atoms with Gasteiger partial charge in [-0.05, 0) is 35.4 Å². The first kappa shape index (κ1) is 16.6. The van der Waals surface area contributed by atoms with Crippen LogP contribution in [0.5, 0.6) is 5.75 Å². The van der Waals surface area contributed by atoms with Gasteiger partial charge in [0.25, 0.3) is 0 Å². The highest BCUT2D eigenvalue weighted by molar-refractivity contribution is 5.82. The molecule has 0 atom stereocenters. The molecule has 4 nitrogen and oxygen atoms in total. The van der Waals surface area contributed by atoms with Crippen molar-refractivity contribution >= 4 is 11.0 Å². The van der Waals surface area contributed by atoms with Gasteiger partial charge in [0.15, 0.2) is 5.43 Å². The van der Waals surface area contributed by atoms with Crippen LogP contribution in [0.25, 0.3) is 22.1 Å². The summed E-state index contributed by atoms with van der Waals surface area (Å²) in [6.45, 7) is 0.365. The monoisotopic (exact) mass is 353 g/mol. The molecule has 4 rings (SSSR count). The standard InChI is InChI=1S/C23H15NO3/c24-13-16-6-8-17(9-7-16)14-26-19-10-11-20-22(12-19)27-15-21(23(20)25)18-4-2-1-3-5-18/h1-12,15H,14H2. The molecule has 1 aromatic heterocycles. The van der Waals surface area contributed by atoms with Crippen LogP contribution < -0.4 is 10.2 Å². The molecular formula is C23H15NO3. The molecule has 0 fully saturated rings. The molecule has 27 heavy (non-hydrogen) atoms. The van der Waals surface area contributed by atoms with E-state index in [2.05, 4.69) is 6.07 Å². The Hall–Kier alpha value is -3.84. The molecule has 0 unspecified atom stereocenters. The molecule has 3 aromatic carbocycles. The van der Waals surface area contributed by atoms with Crippen LogP contribution in [0, 0.1) is 11.3 Å². The van der Waals surface area contributed by atoms with Crippen LogP contribution in [-0.2, 0) is 6.61 Å². The van der Waals surface area contributed by atoms with Crippen molar-refractivity contribution in [2.75, 3.05) is 0 Å². The van der Waals surface area contributed by atoms with E-state index in [0.29, 0.717) is 34.5 Å². The van der Waals surface area contributed by atoms with Crippen molar-refractivity contribution in [1.29, 1.82) is 5.26 Å². The SMILES string of the molecule is N#Cc1ccc(COc2ccc3c(=O)c(-c4ccccc4)coc3c2)cc1. The van der Waals surface area contributed by atoms with Crippen molar-refractivity contribution in [2.24, 2.45) is 0 Å². The lowest BCUT2D eigenvalue weighted by Crippen LogP contribution is -2.05. The second-order valence-electron chi connectivity index (χ2n) is 6.10. The third kappa shape index (κ3) is 3.44. The van der Waals surface area contributed by atoms with Crippen LogP contribution in [0.3, 0.4) is 0 Å². The molecular weight excluding hydrogens is 338 g/mol. The van der Waals surface area contributed by atoms with E-state index in [9.17, 15) is 4.79 Å². The lowest BCUT2D eigenvalue weighted by molar-refractivity contribution is 0.306. The summed E-state index contributed by atoms with van der Waals surface area (Å²) in [6.07, 6.45) is 1.49. The Bertz CT molecular complexity index is 1190. The van der Waals surface area contributed by atoms with Gasteiger partial charge in [0, 0.05) is 6.07 Å². The van der Waals surface area contributed by atoms with Gasteiger partial charge < -0.3 is 9.15 Å². The van der Waals surface area contributed by atoms with E-state index in [4.69, 9.17) is 14.4 Å². The normalized spacial score (nSPS) is 10.5. The van der Waals surface area contributed by atoms with Gasteiger partial charge in [-0.1, -0.05) is 42.5 Å². The number of rotatable bonds is 4. The van der Waals surface area contributed by atoms with E-state index in [1.54, 1.807) is 30.3 Å². The Morgan fingerprint density at radius 1 is 0.963 bits per heavy atom. The Labute approximate surface area is 155 Å². The molecule has 0 saturated heterocycles. The van der Waals surface area contributed by atoms with Gasteiger partial charge in [-0.2, -0.15) is 5.26 Å². The highest BCUT2D eigenvalue weighted by Crippen LogP contribution is 2.23. The highest BCUT2D eigenvalue weighted by atomic mass is 16.5. The van der Waals surface area contributed by atoms with E-state index in [1.165, 1.54) is 6.26 Å². The Balaban J connectivity index is 1.59. The summed E-state index contributed by atoms with van der Waals surface area (Å²) in [4.78, 5) is 12.8. The average molecular weight is 353 g/mol. The molecule has 0 aliphatic rings. The zero-order valence-corrected chi connectivity index (χ0v) is 14.4. The second-order valence-corrected chi connectivity index (χ2v) is 6.10. The molecule has 0 N–H and O–H groups in total. The van der Waals surface area contributed by atoms with Crippen LogP contribution in [-0.4, -0.2) is 0 Å². The summed E-state index contributed by atoms with van der Waals surface area (Å²) in [5.41, 5.74) is 3.34. The largest absolute Gasteiger partial charge is 0.489 e. The minimum absolute atomic E-state index is 0.0684. The van der Waals surface area contributed by atoms with Gasteiger partial charge in [0.1, 0.15) is 24.2 Å². The summed E-state index contributed by atoms with van der Waals surface area (Å²) in [7, 11) is 0. The fourth-order valence-electron chi connectivity index (χ4n) is 2.86. The van der Waals surface area contributed by atoms with Crippen LogP contribution in [0.4, 0.5) is 0 Å². The van der Waals surface area contributed by atoms with Crippen molar-refractivity contribution in [3.63, 3.8) is 0 Å². The second kappa shape index (κ2) is 7.19. The predicted octanol–water partition coefficient (Wildman–Crippen LogP) is 4.91. The van der Waals surface area contributed by atoms with Gasteiger partial charge in [-0.25, -0.2) is 0 Å². The number of ether oxygens (including phenoxy) is 1. The number of nitrogens with zero attached hydrogens (tertiary/aromatic N) is 1. The maximum absolute atomic E-state index is 12.8. The molecule has 0 bridgehead atoms. The van der Waals surface area contributed by atoms with Gasteiger partial charge in [0.2, 0.25) is 0 Å². The molecule has 0 aliphatic heterocycles. The number of hydrogen-bond acceptors (Lipinski definition) is 4. The molecule has 1 heterocycles. The molecule has 0 spiro atoms. The Morgan fingerprint density at radius 3 is 2.48 bits per heavy atom. The van der Waals surface area contributed by atoms with Gasteiger partial charge in [-0.15, -0.1) is 0 Å².